The third-order valence-electron chi connectivity index (χ3n) is 5.50. The van der Waals surface area contributed by atoms with Crippen LogP contribution in [0.15, 0.2) is 54.7 Å². The maximum absolute atomic E-state index is 13.2. The SMILES string of the molecule is Cc1nc(N2CCNCC2)ccc1C(=O)N(C)c1ccc(C#N)c(-c2ccccn2)c1. The fourth-order valence-electron chi connectivity index (χ4n) is 3.71. The first-order chi connectivity index (χ1) is 15.1. The van der Waals surface area contributed by atoms with E-state index in [1.165, 1.54) is 0 Å². The van der Waals surface area contributed by atoms with Crippen LogP contribution in [0.5, 0.6) is 0 Å². The van der Waals surface area contributed by atoms with Crippen LogP contribution in [0.25, 0.3) is 11.3 Å². The van der Waals surface area contributed by atoms with Gasteiger partial charge in [0.2, 0.25) is 0 Å². The largest absolute Gasteiger partial charge is 0.354 e. The standard InChI is InChI=1S/C24H24N6O/c1-17-20(8-9-23(28-17)30-13-11-26-12-14-30)24(31)29(2)19-7-6-18(16-25)21(15-19)22-5-3-4-10-27-22/h3-10,15,26H,11-14H2,1-2H3. The molecular weight excluding hydrogens is 388 g/mol. The van der Waals surface area contributed by atoms with Crippen molar-refractivity contribution < 1.29 is 4.79 Å². The van der Waals surface area contributed by atoms with Gasteiger partial charge in [-0.2, -0.15) is 5.26 Å². The Morgan fingerprint density at radius 1 is 1.16 bits per heavy atom. The van der Waals surface area contributed by atoms with E-state index in [9.17, 15) is 10.1 Å². The number of carbonyl (C=O) groups is 1. The summed E-state index contributed by atoms with van der Waals surface area (Å²) < 4.78 is 0. The summed E-state index contributed by atoms with van der Waals surface area (Å²) in [5.41, 5.74) is 3.86. The first-order valence-electron chi connectivity index (χ1n) is 10.3. The van der Waals surface area contributed by atoms with E-state index in [2.05, 4.69) is 26.3 Å². The predicted molar refractivity (Wildman–Crippen MR) is 121 cm³/mol. The van der Waals surface area contributed by atoms with Gasteiger partial charge in [0.05, 0.1) is 28.6 Å². The summed E-state index contributed by atoms with van der Waals surface area (Å²) in [5, 5.41) is 12.8. The van der Waals surface area contributed by atoms with E-state index in [4.69, 9.17) is 0 Å². The smallest absolute Gasteiger partial charge is 0.259 e. The van der Waals surface area contributed by atoms with Gasteiger partial charge in [0.25, 0.3) is 5.91 Å². The molecule has 4 rings (SSSR count). The number of hydrogen-bond donors (Lipinski definition) is 1. The Morgan fingerprint density at radius 3 is 2.65 bits per heavy atom. The quantitative estimate of drug-likeness (QED) is 0.709. The summed E-state index contributed by atoms with van der Waals surface area (Å²) in [6.07, 6.45) is 1.69. The molecule has 1 aromatic carbocycles. The van der Waals surface area contributed by atoms with E-state index in [-0.39, 0.29) is 5.91 Å². The second kappa shape index (κ2) is 8.94. The minimum absolute atomic E-state index is 0.145. The molecule has 1 aliphatic rings. The third-order valence-corrected chi connectivity index (χ3v) is 5.50. The highest BCUT2D eigenvalue weighted by molar-refractivity contribution is 6.06. The summed E-state index contributed by atoms with van der Waals surface area (Å²) in [7, 11) is 1.73. The lowest BCUT2D eigenvalue weighted by atomic mass is 10.0. The van der Waals surface area contributed by atoms with Gasteiger partial charge in [-0.1, -0.05) is 6.07 Å². The zero-order chi connectivity index (χ0) is 21.8. The number of carbonyl (C=O) groups excluding carboxylic acids is 1. The van der Waals surface area contributed by atoms with Gasteiger partial charge in [0, 0.05) is 50.7 Å². The Hall–Kier alpha value is -3.76. The van der Waals surface area contributed by atoms with Crippen LogP contribution in [0, 0.1) is 18.3 Å². The molecule has 1 saturated heterocycles. The first-order valence-corrected chi connectivity index (χ1v) is 10.3. The van der Waals surface area contributed by atoms with Gasteiger partial charge in [0.15, 0.2) is 0 Å². The van der Waals surface area contributed by atoms with E-state index < -0.39 is 0 Å². The second-order valence-electron chi connectivity index (χ2n) is 7.46. The van der Waals surface area contributed by atoms with Crippen molar-refractivity contribution >= 4 is 17.4 Å². The van der Waals surface area contributed by atoms with Crippen molar-refractivity contribution in [1.29, 1.82) is 5.26 Å². The maximum Gasteiger partial charge on any atom is 0.259 e. The molecule has 3 aromatic rings. The van der Waals surface area contributed by atoms with E-state index in [0.717, 1.165) is 32.0 Å². The molecule has 1 fully saturated rings. The van der Waals surface area contributed by atoms with E-state index in [1.54, 1.807) is 30.3 Å². The number of benzene rings is 1. The lowest BCUT2D eigenvalue weighted by molar-refractivity contribution is 0.0992. The van der Waals surface area contributed by atoms with Crippen LogP contribution in [-0.2, 0) is 0 Å². The number of rotatable bonds is 4. The van der Waals surface area contributed by atoms with Crippen LogP contribution >= 0.6 is 0 Å². The molecule has 1 N–H and O–H groups in total. The fourth-order valence-corrected chi connectivity index (χ4v) is 3.71. The average Bonchev–Trinajstić information content (AvgIpc) is 2.83. The van der Waals surface area contributed by atoms with Crippen molar-refractivity contribution in [3.8, 4) is 17.3 Å². The van der Waals surface area contributed by atoms with Gasteiger partial charge in [-0.15, -0.1) is 0 Å². The average molecular weight is 412 g/mol. The molecule has 0 atom stereocenters. The van der Waals surface area contributed by atoms with Crippen LogP contribution in [0.2, 0.25) is 0 Å². The number of nitrogens with one attached hydrogen (secondary N) is 1. The number of amides is 1. The highest BCUT2D eigenvalue weighted by Gasteiger charge is 2.20. The summed E-state index contributed by atoms with van der Waals surface area (Å²) in [6.45, 7) is 5.54. The van der Waals surface area contributed by atoms with Crippen molar-refractivity contribution in [2.75, 3.05) is 43.0 Å². The number of aromatic nitrogens is 2. The molecule has 3 heterocycles. The van der Waals surface area contributed by atoms with Crippen molar-refractivity contribution in [2.45, 2.75) is 6.92 Å². The summed E-state index contributed by atoms with van der Waals surface area (Å²) >= 11 is 0. The highest BCUT2D eigenvalue weighted by Crippen LogP contribution is 2.28. The number of hydrogen-bond acceptors (Lipinski definition) is 6. The lowest BCUT2D eigenvalue weighted by Crippen LogP contribution is -2.44. The van der Waals surface area contributed by atoms with Crippen LogP contribution < -0.4 is 15.1 Å². The maximum atomic E-state index is 13.2. The Labute approximate surface area is 182 Å². The van der Waals surface area contributed by atoms with Crippen molar-refractivity contribution in [3.05, 3.63) is 71.5 Å². The van der Waals surface area contributed by atoms with Crippen molar-refractivity contribution in [3.63, 3.8) is 0 Å². The second-order valence-corrected chi connectivity index (χ2v) is 7.46. The zero-order valence-electron chi connectivity index (χ0n) is 17.7. The van der Waals surface area contributed by atoms with Crippen LogP contribution in [0.1, 0.15) is 21.6 Å². The predicted octanol–water partition coefficient (Wildman–Crippen LogP) is 3.01. The Bertz CT molecular complexity index is 1130. The summed E-state index contributed by atoms with van der Waals surface area (Å²) in [6, 6.07) is 16.9. The molecule has 31 heavy (non-hydrogen) atoms. The van der Waals surface area contributed by atoms with Gasteiger partial charge >= 0.3 is 0 Å². The highest BCUT2D eigenvalue weighted by atomic mass is 16.2. The van der Waals surface area contributed by atoms with Crippen molar-refractivity contribution in [1.82, 2.24) is 15.3 Å². The van der Waals surface area contributed by atoms with Crippen LogP contribution in [-0.4, -0.2) is 49.1 Å². The molecule has 0 unspecified atom stereocenters. The van der Waals surface area contributed by atoms with Crippen LogP contribution in [0.3, 0.4) is 0 Å². The normalized spacial score (nSPS) is 13.5. The molecule has 0 spiro atoms. The Morgan fingerprint density at radius 2 is 1.97 bits per heavy atom. The molecule has 0 aliphatic carbocycles. The van der Waals surface area contributed by atoms with E-state index in [0.29, 0.717) is 33.8 Å². The van der Waals surface area contributed by atoms with Crippen molar-refractivity contribution in [2.24, 2.45) is 0 Å². The van der Waals surface area contributed by atoms with Gasteiger partial charge in [0.1, 0.15) is 5.82 Å². The number of nitriles is 1. The molecular formula is C24H24N6O. The number of nitrogens with zero attached hydrogens (tertiary/aromatic N) is 5. The third kappa shape index (κ3) is 4.25. The summed E-state index contributed by atoms with van der Waals surface area (Å²) in [5.74, 6) is 0.752. The Balaban J connectivity index is 1.62. The fraction of sp³-hybridized carbons (Fsp3) is 0.250. The lowest BCUT2D eigenvalue weighted by Gasteiger charge is -2.29. The van der Waals surface area contributed by atoms with Gasteiger partial charge in [-0.3, -0.25) is 9.78 Å². The molecule has 2 aromatic heterocycles. The summed E-state index contributed by atoms with van der Waals surface area (Å²) in [4.78, 5) is 26.1. The van der Waals surface area contributed by atoms with E-state index in [1.807, 2.05) is 43.3 Å². The molecule has 0 saturated carbocycles. The molecule has 1 amide bonds. The van der Waals surface area contributed by atoms with E-state index >= 15 is 0 Å². The minimum Gasteiger partial charge on any atom is -0.354 e. The monoisotopic (exact) mass is 412 g/mol. The zero-order valence-corrected chi connectivity index (χ0v) is 17.7. The molecule has 156 valence electrons. The van der Waals surface area contributed by atoms with Crippen LogP contribution in [0.4, 0.5) is 11.5 Å². The molecule has 0 bridgehead atoms. The minimum atomic E-state index is -0.145. The number of piperazine rings is 1. The molecule has 7 heteroatoms. The number of pyridine rings is 2. The number of anilines is 2. The molecule has 7 nitrogen and oxygen atoms in total. The first kappa shape index (κ1) is 20.5. The molecule has 1 aliphatic heterocycles. The number of aryl methyl sites for hydroxylation is 1. The Kier molecular flexibility index (Phi) is 5.92. The van der Waals surface area contributed by atoms with Gasteiger partial charge in [-0.05, 0) is 49.4 Å². The van der Waals surface area contributed by atoms with Gasteiger partial charge < -0.3 is 15.1 Å². The van der Waals surface area contributed by atoms with Gasteiger partial charge in [-0.25, -0.2) is 4.98 Å². The molecule has 0 radical (unpaired) electrons. The topological polar surface area (TPSA) is 85.2 Å².